The van der Waals surface area contributed by atoms with Crippen LogP contribution in [-0.4, -0.2) is 41.0 Å². The molecule has 0 unspecified atom stereocenters. The van der Waals surface area contributed by atoms with Crippen molar-refractivity contribution in [3.05, 3.63) is 63.9 Å². The molecule has 0 bridgehead atoms. The van der Waals surface area contributed by atoms with Crippen molar-refractivity contribution in [3.63, 3.8) is 0 Å². The highest BCUT2D eigenvalue weighted by molar-refractivity contribution is 5.89. The second kappa shape index (κ2) is 8.46. The van der Waals surface area contributed by atoms with Gasteiger partial charge < -0.3 is 29.8 Å². The van der Waals surface area contributed by atoms with Gasteiger partial charge in [0.05, 0.1) is 12.1 Å². The number of nitrogens with one attached hydrogen (secondary N) is 2. The molecule has 3 N–H and O–H groups in total. The van der Waals surface area contributed by atoms with Crippen molar-refractivity contribution >= 4 is 22.6 Å². The summed E-state index contributed by atoms with van der Waals surface area (Å²) in [5.41, 5.74) is 2.56. The van der Waals surface area contributed by atoms with E-state index in [1.807, 2.05) is 37.3 Å². The van der Waals surface area contributed by atoms with Gasteiger partial charge in [0.1, 0.15) is 0 Å². The Bertz CT molecular complexity index is 1120. The predicted molar refractivity (Wildman–Crippen MR) is 113 cm³/mol. The molecule has 2 heterocycles. The monoisotopic (exact) mass is 409 g/mol. The highest BCUT2D eigenvalue weighted by atomic mass is 16.7. The molecule has 1 aromatic heterocycles. The number of hydrogen-bond donors (Lipinski definition) is 3. The van der Waals surface area contributed by atoms with Crippen molar-refractivity contribution < 1.29 is 19.4 Å². The molecule has 8 nitrogen and oxygen atoms in total. The summed E-state index contributed by atoms with van der Waals surface area (Å²) in [7, 11) is 0. The van der Waals surface area contributed by atoms with Crippen molar-refractivity contribution in [2.75, 3.05) is 25.3 Å². The van der Waals surface area contributed by atoms with E-state index in [0.717, 1.165) is 10.9 Å². The van der Waals surface area contributed by atoms with Gasteiger partial charge in [0.2, 0.25) is 6.79 Å². The molecular formula is C22H23N3O5. The zero-order valence-corrected chi connectivity index (χ0v) is 16.6. The third-order valence-corrected chi connectivity index (χ3v) is 4.95. The SMILES string of the molecule is Cc1ccc(NC(=O)N(CCCO)Cc2cc3cc4c(cc3[nH]c2=O)OCO4)cc1. The van der Waals surface area contributed by atoms with Gasteiger partial charge in [0, 0.05) is 35.9 Å². The molecule has 1 aliphatic heterocycles. The van der Waals surface area contributed by atoms with Crippen molar-refractivity contribution in [1.82, 2.24) is 9.88 Å². The smallest absolute Gasteiger partial charge is 0.322 e. The Labute approximate surface area is 173 Å². The van der Waals surface area contributed by atoms with Gasteiger partial charge in [0.25, 0.3) is 5.56 Å². The lowest BCUT2D eigenvalue weighted by atomic mass is 10.1. The number of aromatic nitrogens is 1. The lowest BCUT2D eigenvalue weighted by Gasteiger charge is -2.23. The summed E-state index contributed by atoms with van der Waals surface area (Å²) in [6.07, 6.45) is 0.408. The number of anilines is 1. The average molecular weight is 409 g/mol. The fourth-order valence-electron chi connectivity index (χ4n) is 3.32. The van der Waals surface area contributed by atoms with E-state index in [2.05, 4.69) is 10.3 Å². The number of benzene rings is 2. The quantitative estimate of drug-likeness (QED) is 0.581. The number of ether oxygens (including phenoxy) is 2. The fraction of sp³-hybridized carbons (Fsp3) is 0.273. The largest absolute Gasteiger partial charge is 0.454 e. The Morgan fingerprint density at radius 1 is 1.17 bits per heavy atom. The lowest BCUT2D eigenvalue weighted by Crippen LogP contribution is -2.37. The van der Waals surface area contributed by atoms with Crippen LogP contribution in [0.25, 0.3) is 10.9 Å². The van der Waals surface area contributed by atoms with Gasteiger partial charge in [-0.3, -0.25) is 4.79 Å². The first-order valence-corrected chi connectivity index (χ1v) is 9.72. The van der Waals surface area contributed by atoms with E-state index in [-0.39, 0.29) is 31.5 Å². The van der Waals surface area contributed by atoms with E-state index in [4.69, 9.17) is 9.47 Å². The van der Waals surface area contributed by atoms with Crippen molar-refractivity contribution in [2.45, 2.75) is 19.9 Å². The number of urea groups is 1. The van der Waals surface area contributed by atoms with Crippen molar-refractivity contribution in [2.24, 2.45) is 0 Å². The van der Waals surface area contributed by atoms with Gasteiger partial charge in [-0.05, 0) is 37.6 Å². The number of hydrogen-bond acceptors (Lipinski definition) is 5. The van der Waals surface area contributed by atoms with Crippen LogP contribution < -0.4 is 20.3 Å². The number of pyridine rings is 1. The van der Waals surface area contributed by atoms with Crippen LogP contribution in [0.2, 0.25) is 0 Å². The molecule has 156 valence electrons. The number of aliphatic hydroxyl groups excluding tert-OH is 1. The number of aryl methyl sites for hydroxylation is 1. The number of aromatic amines is 1. The fourth-order valence-corrected chi connectivity index (χ4v) is 3.32. The molecule has 1 aliphatic rings. The third-order valence-electron chi connectivity index (χ3n) is 4.95. The Morgan fingerprint density at radius 2 is 1.90 bits per heavy atom. The van der Waals surface area contributed by atoms with E-state index in [1.165, 1.54) is 4.90 Å². The van der Waals surface area contributed by atoms with Crippen LogP contribution in [0.3, 0.4) is 0 Å². The molecule has 0 saturated heterocycles. The molecule has 0 atom stereocenters. The molecule has 30 heavy (non-hydrogen) atoms. The van der Waals surface area contributed by atoms with Crippen LogP contribution in [-0.2, 0) is 6.54 Å². The van der Waals surface area contributed by atoms with Crippen LogP contribution in [0.15, 0.2) is 47.3 Å². The van der Waals surface area contributed by atoms with Gasteiger partial charge in [-0.2, -0.15) is 0 Å². The second-order valence-corrected chi connectivity index (χ2v) is 7.21. The Balaban J connectivity index is 1.58. The van der Waals surface area contributed by atoms with Crippen LogP contribution in [0.5, 0.6) is 11.5 Å². The Morgan fingerprint density at radius 3 is 2.63 bits per heavy atom. The molecule has 3 aromatic rings. The van der Waals surface area contributed by atoms with Crippen LogP contribution in [0.1, 0.15) is 17.5 Å². The van der Waals surface area contributed by atoms with E-state index in [0.29, 0.717) is 41.2 Å². The van der Waals surface area contributed by atoms with E-state index in [9.17, 15) is 14.7 Å². The van der Waals surface area contributed by atoms with Gasteiger partial charge >= 0.3 is 6.03 Å². The summed E-state index contributed by atoms with van der Waals surface area (Å²) in [5, 5.41) is 12.8. The summed E-state index contributed by atoms with van der Waals surface area (Å²) in [4.78, 5) is 29.8. The van der Waals surface area contributed by atoms with Crippen molar-refractivity contribution in [3.8, 4) is 11.5 Å². The zero-order chi connectivity index (χ0) is 21.1. The van der Waals surface area contributed by atoms with Crippen LogP contribution in [0, 0.1) is 6.92 Å². The Kier molecular flexibility index (Phi) is 5.58. The minimum atomic E-state index is -0.336. The molecule has 4 rings (SSSR count). The normalized spacial score (nSPS) is 12.2. The molecule has 0 radical (unpaired) electrons. The van der Waals surface area contributed by atoms with Crippen LogP contribution >= 0.6 is 0 Å². The van der Waals surface area contributed by atoms with E-state index >= 15 is 0 Å². The van der Waals surface area contributed by atoms with E-state index in [1.54, 1.807) is 12.1 Å². The zero-order valence-electron chi connectivity index (χ0n) is 16.6. The Hall–Kier alpha value is -3.52. The highest BCUT2D eigenvalue weighted by Crippen LogP contribution is 2.35. The summed E-state index contributed by atoms with van der Waals surface area (Å²) < 4.78 is 10.8. The molecule has 0 spiro atoms. The van der Waals surface area contributed by atoms with Gasteiger partial charge in [-0.25, -0.2) is 4.79 Å². The highest BCUT2D eigenvalue weighted by Gasteiger charge is 2.18. The molecule has 0 aliphatic carbocycles. The number of aliphatic hydroxyl groups is 1. The molecule has 0 saturated carbocycles. The van der Waals surface area contributed by atoms with Gasteiger partial charge in [0.15, 0.2) is 11.5 Å². The molecule has 2 aromatic carbocycles. The predicted octanol–water partition coefficient (Wildman–Crippen LogP) is 2.98. The minimum absolute atomic E-state index is 0.0497. The topological polar surface area (TPSA) is 104 Å². The second-order valence-electron chi connectivity index (χ2n) is 7.21. The van der Waals surface area contributed by atoms with Gasteiger partial charge in [-0.1, -0.05) is 17.7 Å². The molecule has 2 amide bonds. The standard InChI is InChI=1S/C22H23N3O5/c1-14-3-5-17(6-4-14)23-22(28)25(7-2-8-26)12-16-9-15-10-19-20(30-13-29-19)11-18(15)24-21(16)27/h3-6,9-11,26H,2,7-8,12-13H2,1H3,(H,23,28)(H,24,27). The first-order chi connectivity index (χ1) is 14.5. The van der Waals surface area contributed by atoms with Gasteiger partial charge in [-0.15, -0.1) is 0 Å². The summed E-state index contributed by atoms with van der Waals surface area (Å²) in [5.74, 6) is 1.21. The number of rotatable bonds is 6. The number of carbonyl (C=O) groups is 1. The van der Waals surface area contributed by atoms with Crippen LogP contribution in [0.4, 0.5) is 10.5 Å². The van der Waals surface area contributed by atoms with E-state index < -0.39 is 0 Å². The average Bonchev–Trinajstić information content (AvgIpc) is 3.18. The third kappa shape index (κ3) is 4.23. The lowest BCUT2D eigenvalue weighted by molar-refractivity contribution is 0.174. The maximum atomic E-state index is 12.8. The first kappa shape index (κ1) is 19.8. The summed E-state index contributed by atoms with van der Waals surface area (Å²) in [6.45, 7) is 2.49. The maximum absolute atomic E-state index is 12.8. The number of fused-ring (bicyclic) bond motifs is 2. The number of nitrogens with zero attached hydrogens (tertiary/aromatic N) is 1. The van der Waals surface area contributed by atoms with Crippen molar-refractivity contribution in [1.29, 1.82) is 0 Å². The molecule has 0 fully saturated rings. The molecular weight excluding hydrogens is 386 g/mol. The number of carbonyl (C=O) groups excluding carboxylic acids is 1. The summed E-state index contributed by atoms with van der Waals surface area (Å²) >= 11 is 0. The number of H-pyrrole nitrogens is 1. The first-order valence-electron chi connectivity index (χ1n) is 9.72. The summed E-state index contributed by atoms with van der Waals surface area (Å²) in [6, 6.07) is 12.4. The minimum Gasteiger partial charge on any atom is -0.454 e. The molecule has 8 heteroatoms. The maximum Gasteiger partial charge on any atom is 0.322 e. The number of amides is 2.